The molecule has 1 N–H and O–H groups in total. The van der Waals surface area contributed by atoms with Crippen molar-refractivity contribution in [3.8, 4) is 11.3 Å². The maximum absolute atomic E-state index is 13.4. The van der Waals surface area contributed by atoms with Crippen LogP contribution in [0.3, 0.4) is 0 Å². The molecule has 8 nitrogen and oxygen atoms in total. The third-order valence-corrected chi connectivity index (χ3v) is 5.12. The molecule has 4 aromatic rings. The van der Waals surface area contributed by atoms with Crippen molar-refractivity contribution in [1.82, 2.24) is 30.1 Å². The summed E-state index contributed by atoms with van der Waals surface area (Å²) in [5.41, 5.74) is 3.92. The molecule has 2 aromatic carbocycles. The smallest absolute Gasteiger partial charge is 0.274 e. The van der Waals surface area contributed by atoms with Gasteiger partial charge < -0.3 is 9.64 Å². The number of hydrogen-bond acceptors (Lipinski definition) is 5. The van der Waals surface area contributed by atoms with E-state index in [9.17, 15) is 4.79 Å². The monoisotopic (exact) mass is 388 g/mol. The van der Waals surface area contributed by atoms with Crippen LogP contribution >= 0.6 is 0 Å². The van der Waals surface area contributed by atoms with Crippen molar-refractivity contribution < 1.29 is 9.53 Å². The third kappa shape index (κ3) is 3.38. The number of aromatic nitrogens is 5. The van der Waals surface area contributed by atoms with Gasteiger partial charge in [-0.2, -0.15) is 5.10 Å². The Hall–Kier alpha value is -3.52. The number of carbonyl (C=O) groups excluding carboxylic acids is 1. The average molecular weight is 388 g/mol. The van der Waals surface area contributed by atoms with Crippen LogP contribution < -0.4 is 0 Å². The molecule has 0 saturated carbocycles. The summed E-state index contributed by atoms with van der Waals surface area (Å²) in [6.45, 7) is 2.70. The van der Waals surface area contributed by atoms with Crippen LogP contribution in [0.2, 0.25) is 0 Å². The molecule has 0 atom stereocenters. The highest BCUT2D eigenvalue weighted by Crippen LogP contribution is 2.26. The van der Waals surface area contributed by atoms with E-state index in [4.69, 9.17) is 4.74 Å². The molecular weight excluding hydrogens is 368 g/mol. The molecule has 5 rings (SSSR count). The average Bonchev–Trinajstić information content (AvgIpc) is 3.41. The molecular formula is C21H20N6O2. The molecule has 0 radical (unpaired) electrons. The van der Waals surface area contributed by atoms with Crippen molar-refractivity contribution >= 4 is 16.8 Å². The lowest BCUT2D eigenvalue weighted by Crippen LogP contribution is -2.41. The van der Waals surface area contributed by atoms with Crippen molar-refractivity contribution in [3.05, 3.63) is 66.0 Å². The summed E-state index contributed by atoms with van der Waals surface area (Å²) in [5, 5.41) is 16.7. The maximum Gasteiger partial charge on any atom is 0.274 e. The number of nitrogens with one attached hydrogen (secondary N) is 1. The Bertz CT molecular complexity index is 1140. The number of morpholine rings is 1. The first-order valence-corrected chi connectivity index (χ1v) is 9.57. The van der Waals surface area contributed by atoms with E-state index in [1.807, 2.05) is 53.4 Å². The number of amides is 1. The Morgan fingerprint density at radius 2 is 1.93 bits per heavy atom. The van der Waals surface area contributed by atoms with Crippen LogP contribution in [0, 0.1) is 0 Å². The fourth-order valence-electron chi connectivity index (χ4n) is 3.59. The molecule has 8 heteroatoms. The lowest BCUT2D eigenvalue weighted by molar-refractivity contribution is 0.0295. The number of hydrogen-bond donors (Lipinski definition) is 1. The van der Waals surface area contributed by atoms with E-state index in [1.165, 1.54) is 0 Å². The van der Waals surface area contributed by atoms with Crippen LogP contribution in [-0.4, -0.2) is 62.3 Å². The molecule has 0 bridgehead atoms. The summed E-state index contributed by atoms with van der Waals surface area (Å²) in [6.07, 6.45) is 1.76. The van der Waals surface area contributed by atoms with E-state index in [-0.39, 0.29) is 5.91 Å². The van der Waals surface area contributed by atoms with E-state index in [0.29, 0.717) is 44.2 Å². The minimum atomic E-state index is -0.0727. The Morgan fingerprint density at radius 1 is 1.10 bits per heavy atom. The lowest BCUT2D eigenvalue weighted by Gasteiger charge is -2.27. The van der Waals surface area contributed by atoms with E-state index in [2.05, 4.69) is 20.5 Å². The predicted octanol–water partition coefficient (Wildman–Crippen LogP) is 2.34. The third-order valence-electron chi connectivity index (χ3n) is 5.12. The molecule has 1 saturated heterocycles. The molecule has 2 aromatic heterocycles. The minimum Gasteiger partial charge on any atom is -0.378 e. The number of benzene rings is 2. The summed E-state index contributed by atoms with van der Waals surface area (Å²) in [6, 6.07) is 15.8. The first-order chi connectivity index (χ1) is 14.3. The van der Waals surface area contributed by atoms with Gasteiger partial charge in [-0.15, -0.1) is 5.10 Å². The zero-order valence-corrected chi connectivity index (χ0v) is 15.8. The summed E-state index contributed by atoms with van der Waals surface area (Å²) < 4.78 is 7.10. The molecule has 3 heterocycles. The Balaban J connectivity index is 1.59. The van der Waals surface area contributed by atoms with Crippen molar-refractivity contribution in [1.29, 1.82) is 0 Å². The topological polar surface area (TPSA) is 88.9 Å². The summed E-state index contributed by atoms with van der Waals surface area (Å²) in [7, 11) is 0. The second kappa shape index (κ2) is 7.48. The molecule has 0 unspecified atom stereocenters. The highest BCUT2D eigenvalue weighted by molar-refractivity contribution is 5.99. The van der Waals surface area contributed by atoms with E-state index in [0.717, 1.165) is 22.0 Å². The number of ether oxygens (including phenoxy) is 1. The van der Waals surface area contributed by atoms with Crippen LogP contribution in [0.1, 0.15) is 16.1 Å². The molecule has 0 aliphatic carbocycles. The predicted molar refractivity (Wildman–Crippen MR) is 107 cm³/mol. The Kier molecular flexibility index (Phi) is 4.53. The van der Waals surface area contributed by atoms with Gasteiger partial charge in [0.1, 0.15) is 5.69 Å². The Morgan fingerprint density at radius 3 is 2.76 bits per heavy atom. The van der Waals surface area contributed by atoms with Crippen LogP contribution in [0.5, 0.6) is 0 Å². The fraction of sp³-hybridized carbons (Fsp3) is 0.238. The van der Waals surface area contributed by atoms with Gasteiger partial charge >= 0.3 is 0 Å². The normalized spacial score (nSPS) is 14.4. The van der Waals surface area contributed by atoms with Crippen molar-refractivity contribution in [2.75, 3.05) is 26.3 Å². The van der Waals surface area contributed by atoms with Gasteiger partial charge in [-0.1, -0.05) is 41.6 Å². The van der Waals surface area contributed by atoms with Gasteiger partial charge in [-0.3, -0.25) is 9.89 Å². The maximum atomic E-state index is 13.4. The highest BCUT2D eigenvalue weighted by Gasteiger charge is 2.27. The first-order valence-electron chi connectivity index (χ1n) is 9.57. The first kappa shape index (κ1) is 17.6. The highest BCUT2D eigenvalue weighted by atomic mass is 16.5. The number of nitrogens with zero attached hydrogens (tertiary/aromatic N) is 5. The number of aromatic amines is 1. The zero-order chi connectivity index (χ0) is 19.6. The SMILES string of the molecule is O=C(c1c(-c2ccc3[nH]ncc3c2)nnn1Cc1ccccc1)N1CCOCC1. The van der Waals surface area contributed by atoms with Crippen LogP contribution in [0.25, 0.3) is 22.2 Å². The van der Waals surface area contributed by atoms with Crippen LogP contribution in [0.15, 0.2) is 54.7 Å². The van der Waals surface area contributed by atoms with Gasteiger partial charge in [0.25, 0.3) is 5.91 Å². The van der Waals surface area contributed by atoms with Crippen molar-refractivity contribution in [3.63, 3.8) is 0 Å². The zero-order valence-electron chi connectivity index (χ0n) is 15.8. The molecule has 1 amide bonds. The molecule has 29 heavy (non-hydrogen) atoms. The van der Waals surface area contributed by atoms with Crippen molar-refractivity contribution in [2.45, 2.75) is 6.54 Å². The number of rotatable bonds is 4. The Labute approximate surface area is 167 Å². The molecule has 1 aliphatic rings. The second-order valence-electron chi connectivity index (χ2n) is 7.01. The summed E-state index contributed by atoms with van der Waals surface area (Å²) >= 11 is 0. The van der Waals surface area contributed by atoms with Gasteiger partial charge in [0.15, 0.2) is 5.69 Å². The number of carbonyl (C=O) groups is 1. The summed E-state index contributed by atoms with van der Waals surface area (Å²) in [5.74, 6) is -0.0727. The minimum absolute atomic E-state index is 0.0727. The van der Waals surface area contributed by atoms with Gasteiger partial charge in [-0.25, -0.2) is 4.68 Å². The van der Waals surface area contributed by atoms with E-state index >= 15 is 0 Å². The van der Waals surface area contributed by atoms with Gasteiger partial charge in [0.2, 0.25) is 0 Å². The molecule has 0 spiro atoms. The number of H-pyrrole nitrogens is 1. The van der Waals surface area contributed by atoms with Crippen LogP contribution in [0.4, 0.5) is 0 Å². The summed E-state index contributed by atoms with van der Waals surface area (Å²) in [4.78, 5) is 15.2. The second-order valence-corrected chi connectivity index (χ2v) is 7.01. The fourth-order valence-corrected chi connectivity index (χ4v) is 3.59. The molecule has 1 fully saturated rings. The largest absolute Gasteiger partial charge is 0.378 e. The van der Waals surface area contributed by atoms with Gasteiger partial charge in [0, 0.05) is 24.0 Å². The van der Waals surface area contributed by atoms with E-state index < -0.39 is 0 Å². The quantitative estimate of drug-likeness (QED) is 0.580. The lowest BCUT2D eigenvalue weighted by atomic mass is 10.1. The number of fused-ring (bicyclic) bond motifs is 1. The molecule has 1 aliphatic heterocycles. The van der Waals surface area contributed by atoms with Crippen LogP contribution in [-0.2, 0) is 11.3 Å². The van der Waals surface area contributed by atoms with Crippen molar-refractivity contribution in [2.24, 2.45) is 0 Å². The van der Waals surface area contributed by atoms with Gasteiger partial charge in [-0.05, 0) is 17.7 Å². The van der Waals surface area contributed by atoms with E-state index in [1.54, 1.807) is 10.9 Å². The van der Waals surface area contributed by atoms with Gasteiger partial charge in [0.05, 0.1) is 31.5 Å². The standard InChI is InChI=1S/C21H20N6O2/c28-21(26-8-10-29-11-9-26)20-19(16-6-7-18-17(12-16)13-22-23-18)24-25-27(20)14-15-4-2-1-3-5-15/h1-7,12-13H,8-11,14H2,(H,22,23). The molecule has 146 valence electrons.